The van der Waals surface area contributed by atoms with Crippen LogP contribution in [0.2, 0.25) is 5.02 Å². The zero-order valence-electron chi connectivity index (χ0n) is 11.5. The first-order valence-electron chi connectivity index (χ1n) is 7.05. The molecule has 21 heavy (non-hydrogen) atoms. The molecule has 2 aliphatic carbocycles. The summed E-state index contributed by atoms with van der Waals surface area (Å²) in [7, 11) is 0. The maximum absolute atomic E-state index is 6.23. The van der Waals surface area contributed by atoms with Crippen molar-refractivity contribution in [2.24, 2.45) is 5.73 Å². The van der Waals surface area contributed by atoms with E-state index in [0.717, 1.165) is 30.7 Å². The summed E-state index contributed by atoms with van der Waals surface area (Å²) in [6, 6.07) is 7.96. The van der Waals surface area contributed by atoms with Crippen LogP contribution >= 0.6 is 24.0 Å². The van der Waals surface area contributed by atoms with Gasteiger partial charge in [-0.2, -0.15) is 4.98 Å². The Hall–Kier alpha value is -1.10. The Labute approximate surface area is 134 Å². The number of aromatic nitrogens is 2. The minimum atomic E-state index is -0.351. The number of hydrogen-bond acceptors (Lipinski definition) is 4. The zero-order valence-corrected chi connectivity index (χ0v) is 13.0. The lowest BCUT2D eigenvalue weighted by molar-refractivity contribution is 0.229. The van der Waals surface area contributed by atoms with E-state index in [2.05, 4.69) is 16.2 Å². The smallest absolute Gasteiger partial charge is 0.230 e. The molecule has 0 amide bonds. The Morgan fingerprint density at radius 2 is 2.00 bits per heavy atom. The Balaban J connectivity index is 0.00000132. The number of nitrogens with zero attached hydrogens (tertiary/aromatic N) is 2. The molecule has 112 valence electrons. The van der Waals surface area contributed by atoms with Gasteiger partial charge in [0.1, 0.15) is 0 Å². The third kappa shape index (κ3) is 2.45. The molecule has 2 N–H and O–H groups in total. The van der Waals surface area contributed by atoms with Crippen molar-refractivity contribution in [3.05, 3.63) is 46.6 Å². The van der Waals surface area contributed by atoms with Gasteiger partial charge in [0.05, 0.1) is 5.54 Å². The molecule has 0 radical (unpaired) electrons. The number of benzene rings is 1. The van der Waals surface area contributed by atoms with Crippen LogP contribution in [-0.4, -0.2) is 10.1 Å². The molecule has 2 unspecified atom stereocenters. The summed E-state index contributed by atoms with van der Waals surface area (Å²) in [5, 5.41) is 4.89. The molecule has 2 aromatic rings. The summed E-state index contributed by atoms with van der Waals surface area (Å²) >= 11 is 6.23. The average molecular weight is 326 g/mol. The van der Waals surface area contributed by atoms with Gasteiger partial charge in [0.15, 0.2) is 5.82 Å². The predicted octanol–water partition coefficient (Wildman–Crippen LogP) is 3.75. The Bertz CT molecular complexity index is 654. The van der Waals surface area contributed by atoms with Crippen LogP contribution in [0.1, 0.15) is 54.8 Å². The molecule has 2 saturated carbocycles. The van der Waals surface area contributed by atoms with E-state index in [0.29, 0.717) is 23.6 Å². The standard InChI is InChI=1S/C15H16ClN3O.ClH/c16-12-5-2-1-4-9(12)10-8-11(10)13-18-14(19-20-13)15(17)6-3-7-15;/h1-2,4-5,10-11H,3,6-8,17H2;1H. The summed E-state index contributed by atoms with van der Waals surface area (Å²) in [6.07, 6.45) is 4.06. The molecule has 1 aromatic carbocycles. The second kappa shape index (κ2) is 5.27. The van der Waals surface area contributed by atoms with Crippen LogP contribution in [0.5, 0.6) is 0 Å². The van der Waals surface area contributed by atoms with Gasteiger partial charge in [-0.15, -0.1) is 12.4 Å². The van der Waals surface area contributed by atoms with Crippen molar-refractivity contribution in [2.75, 3.05) is 0 Å². The third-order valence-corrected chi connectivity index (χ3v) is 4.89. The third-order valence-electron chi connectivity index (χ3n) is 4.55. The molecule has 1 heterocycles. The van der Waals surface area contributed by atoms with Crippen molar-refractivity contribution in [3.8, 4) is 0 Å². The van der Waals surface area contributed by atoms with Crippen molar-refractivity contribution < 1.29 is 4.52 Å². The topological polar surface area (TPSA) is 64.9 Å². The van der Waals surface area contributed by atoms with Gasteiger partial charge in [-0.3, -0.25) is 0 Å². The Morgan fingerprint density at radius 1 is 1.24 bits per heavy atom. The molecule has 0 spiro atoms. The zero-order chi connectivity index (χ0) is 13.7. The van der Waals surface area contributed by atoms with E-state index in [-0.39, 0.29) is 17.9 Å². The number of hydrogen-bond donors (Lipinski definition) is 1. The molecule has 0 bridgehead atoms. The normalized spacial score (nSPS) is 25.8. The molecular weight excluding hydrogens is 309 g/mol. The van der Waals surface area contributed by atoms with Crippen molar-refractivity contribution in [3.63, 3.8) is 0 Å². The first kappa shape index (κ1) is 14.8. The molecule has 0 aliphatic heterocycles. The fourth-order valence-corrected chi connectivity index (χ4v) is 3.23. The van der Waals surface area contributed by atoms with Crippen LogP contribution in [0, 0.1) is 0 Å². The van der Waals surface area contributed by atoms with Crippen molar-refractivity contribution in [1.29, 1.82) is 0 Å². The highest BCUT2D eigenvalue weighted by Gasteiger charge is 2.46. The Morgan fingerprint density at radius 3 is 2.67 bits per heavy atom. The summed E-state index contributed by atoms with van der Waals surface area (Å²) in [4.78, 5) is 4.53. The number of nitrogens with two attached hydrogens (primary N) is 1. The van der Waals surface area contributed by atoms with E-state index < -0.39 is 0 Å². The van der Waals surface area contributed by atoms with Gasteiger partial charge >= 0.3 is 0 Å². The highest BCUT2D eigenvalue weighted by Crippen LogP contribution is 2.55. The van der Waals surface area contributed by atoms with Gasteiger partial charge in [-0.05, 0) is 43.2 Å². The molecule has 2 atom stereocenters. The molecule has 4 nitrogen and oxygen atoms in total. The van der Waals surface area contributed by atoms with Gasteiger partial charge in [0.25, 0.3) is 0 Å². The second-order valence-corrected chi connectivity index (χ2v) is 6.34. The molecule has 2 aliphatic rings. The molecular formula is C15H17Cl2N3O. The van der Waals surface area contributed by atoms with Gasteiger partial charge in [-0.25, -0.2) is 0 Å². The largest absolute Gasteiger partial charge is 0.339 e. The highest BCUT2D eigenvalue weighted by molar-refractivity contribution is 6.31. The second-order valence-electron chi connectivity index (χ2n) is 5.94. The summed E-state index contributed by atoms with van der Waals surface area (Å²) in [5.41, 5.74) is 7.04. The molecule has 2 fully saturated rings. The quantitative estimate of drug-likeness (QED) is 0.933. The SMILES string of the molecule is Cl.NC1(c2noc(C3CC3c3ccccc3Cl)n2)CCC1. The van der Waals surface area contributed by atoms with E-state index in [1.165, 1.54) is 5.56 Å². The monoisotopic (exact) mass is 325 g/mol. The first-order valence-corrected chi connectivity index (χ1v) is 7.42. The van der Waals surface area contributed by atoms with Crippen molar-refractivity contribution in [1.82, 2.24) is 10.1 Å². The van der Waals surface area contributed by atoms with E-state index in [9.17, 15) is 0 Å². The van der Waals surface area contributed by atoms with Gasteiger partial charge < -0.3 is 10.3 Å². The maximum atomic E-state index is 6.23. The van der Waals surface area contributed by atoms with Crippen LogP contribution in [0.4, 0.5) is 0 Å². The van der Waals surface area contributed by atoms with Crippen LogP contribution in [0.25, 0.3) is 0 Å². The lowest BCUT2D eigenvalue weighted by atomic mass is 9.77. The fourth-order valence-electron chi connectivity index (χ4n) is 2.96. The summed E-state index contributed by atoms with van der Waals surface area (Å²) in [5.74, 6) is 2.07. The molecule has 1 aromatic heterocycles. The number of halogens is 2. The average Bonchev–Trinajstić information content (AvgIpc) is 3.05. The van der Waals surface area contributed by atoms with Crippen LogP contribution < -0.4 is 5.73 Å². The Kier molecular flexibility index (Phi) is 3.72. The van der Waals surface area contributed by atoms with Crippen molar-refractivity contribution >= 4 is 24.0 Å². The van der Waals surface area contributed by atoms with E-state index in [4.69, 9.17) is 21.9 Å². The summed E-state index contributed by atoms with van der Waals surface area (Å²) < 4.78 is 5.42. The molecule has 6 heteroatoms. The van der Waals surface area contributed by atoms with E-state index >= 15 is 0 Å². The predicted molar refractivity (Wildman–Crippen MR) is 82.8 cm³/mol. The number of rotatable bonds is 3. The van der Waals surface area contributed by atoms with Gasteiger partial charge in [0.2, 0.25) is 5.89 Å². The van der Waals surface area contributed by atoms with Gasteiger partial charge in [-0.1, -0.05) is 35.0 Å². The maximum Gasteiger partial charge on any atom is 0.230 e. The van der Waals surface area contributed by atoms with E-state index in [1.54, 1.807) is 0 Å². The molecule has 0 saturated heterocycles. The molecule has 4 rings (SSSR count). The minimum Gasteiger partial charge on any atom is -0.339 e. The lowest BCUT2D eigenvalue weighted by Gasteiger charge is -2.34. The summed E-state index contributed by atoms with van der Waals surface area (Å²) in [6.45, 7) is 0. The van der Waals surface area contributed by atoms with Crippen LogP contribution in [0.3, 0.4) is 0 Å². The first-order chi connectivity index (χ1) is 9.67. The fraction of sp³-hybridized carbons (Fsp3) is 0.467. The highest BCUT2D eigenvalue weighted by atomic mass is 35.5. The van der Waals surface area contributed by atoms with Crippen molar-refractivity contribution in [2.45, 2.75) is 43.1 Å². The van der Waals surface area contributed by atoms with Crippen LogP contribution in [-0.2, 0) is 5.54 Å². The van der Waals surface area contributed by atoms with E-state index in [1.807, 2.05) is 18.2 Å². The minimum absolute atomic E-state index is 0. The van der Waals surface area contributed by atoms with Crippen LogP contribution in [0.15, 0.2) is 28.8 Å². The van der Waals surface area contributed by atoms with Gasteiger partial charge in [0, 0.05) is 10.9 Å². The lowest BCUT2D eigenvalue weighted by Crippen LogP contribution is -2.44.